The number of likely N-dealkylation sites (tertiary alicyclic amines) is 1. The van der Waals surface area contributed by atoms with Gasteiger partial charge in [0.1, 0.15) is 5.82 Å². The van der Waals surface area contributed by atoms with E-state index in [0.717, 1.165) is 48.5 Å². The molecule has 5 heteroatoms. The number of fused-ring (bicyclic) bond motifs is 1. The Morgan fingerprint density at radius 3 is 2.72 bits per heavy atom. The molecule has 1 aliphatic rings. The van der Waals surface area contributed by atoms with E-state index in [9.17, 15) is 4.39 Å². The van der Waals surface area contributed by atoms with Crippen LogP contribution in [-0.4, -0.2) is 39.1 Å². The van der Waals surface area contributed by atoms with Crippen LogP contribution in [0.2, 0.25) is 0 Å². The molecule has 1 fully saturated rings. The van der Waals surface area contributed by atoms with E-state index in [2.05, 4.69) is 11.8 Å². The summed E-state index contributed by atoms with van der Waals surface area (Å²) in [7, 11) is 0. The second kappa shape index (κ2) is 6.92. The summed E-state index contributed by atoms with van der Waals surface area (Å²) in [5.74, 6) is 1.15. The van der Waals surface area contributed by atoms with Crippen molar-refractivity contribution < 1.29 is 4.39 Å². The zero-order chi connectivity index (χ0) is 17.2. The van der Waals surface area contributed by atoms with Crippen molar-refractivity contribution in [3.63, 3.8) is 0 Å². The number of hydrogen-bond donors (Lipinski definition) is 0. The summed E-state index contributed by atoms with van der Waals surface area (Å²) in [6, 6.07) is 10.6. The lowest BCUT2D eigenvalue weighted by atomic mass is 9.96. The van der Waals surface area contributed by atoms with Crippen LogP contribution in [-0.2, 0) is 0 Å². The average Bonchev–Trinajstić information content (AvgIpc) is 3.06. The first-order valence-corrected chi connectivity index (χ1v) is 9.07. The number of nitrogens with zero attached hydrogens (tertiary/aromatic N) is 4. The standard InChI is InChI=1S/C20H23FN4/c1-2-10-24-11-8-15(9-12-24)20-22-19-7-6-17(14-25(19)23-20)16-4-3-5-18(21)13-16/h3-7,13-15H,2,8-12H2,1H3. The molecule has 3 heterocycles. The van der Waals surface area contributed by atoms with Crippen LogP contribution in [0, 0.1) is 5.82 Å². The van der Waals surface area contributed by atoms with E-state index in [1.807, 2.05) is 28.9 Å². The third-order valence-corrected chi connectivity index (χ3v) is 5.00. The maximum Gasteiger partial charge on any atom is 0.155 e. The van der Waals surface area contributed by atoms with Gasteiger partial charge >= 0.3 is 0 Å². The van der Waals surface area contributed by atoms with Gasteiger partial charge in [0, 0.05) is 17.7 Å². The molecule has 3 aromatic rings. The number of halogens is 1. The average molecular weight is 338 g/mol. The second-order valence-electron chi connectivity index (χ2n) is 6.82. The van der Waals surface area contributed by atoms with E-state index in [4.69, 9.17) is 10.1 Å². The number of benzene rings is 1. The van der Waals surface area contributed by atoms with Gasteiger partial charge in [-0.1, -0.05) is 19.1 Å². The molecule has 0 radical (unpaired) electrons. The Labute approximate surface area is 147 Å². The Kier molecular flexibility index (Phi) is 4.49. The Balaban J connectivity index is 1.57. The van der Waals surface area contributed by atoms with Gasteiger partial charge < -0.3 is 4.90 Å². The monoisotopic (exact) mass is 338 g/mol. The molecule has 0 amide bonds. The minimum absolute atomic E-state index is 0.226. The van der Waals surface area contributed by atoms with Crippen LogP contribution in [0.4, 0.5) is 4.39 Å². The van der Waals surface area contributed by atoms with Crippen LogP contribution in [0.15, 0.2) is 42.6 Å². The molecule has 0 aliphatic carbocycles. The van der Waals surface area contributed by atoms with Gasteiger partial charge in [0.2, 0.25) is 0 Å². The number of pyridine rings is 1. The summed E-state index contributed by atoms with van der Waals surface area (Å²) in [5.41, 5.74) is 2.65. The lowest BCUT2D eigenvalue weighted by Gasteiger charge is -2.30. The third-order valence-electron chi connectivity index (χ3n) is 5.00. The minimum Gasteiger partial charge on any atom is -0.303 e. The van der Waals surface area contributed by atoms with Crippen LogP contribution in [0.5, 0.6) is 0 Å². The molecular weight excluding hydrogens is 315 g/mol. The van der Waals surface area contributed by atoms with E-state index in [-0.39, 0.29) is 5.82 Å². The highest BCUT2D eigenvalue weighted by atomic mass is 19.1. The molecule has 1 aliphatic heterocycles. The molecule has 1 aromatic carbocycles. The quantitative estimate of drug-likeness (QED) is 0.717. The van der Waals surface area contributed by atoms with E-state index in [0.29, 0.717) is 5.92 Å². The maximum absolute atomic E-state index is 13.5. The molecule has 130 valence electrons. The molecule has 1 saturated heterocycles. The fraction of sp³-hybridized carbons (Fsp3) is 0.400. The van der Waals surface area contributed by atoms with Crippen molar-refractivity contribution >= 4 is 5.65 Å². The summed E-state index contributed by atoms with van der Waals surface area (Å²) >= 11 is 0. The van der Waals surface area contributed by atoms with Crippen LogP contribution in [0.1, 0.15) is 37.9 Å². The van der Waals surface area contributed by atoms with Crippen LogP contribution >= 0.6 is 0 Å². The van der Waals surface area contributed by atoms with Crippen LogP contribution in [0.25, 0.3) is 16.8 Å². The number of piperidine rings is 1. The van der Waals surface area contributed by atoms with Crippen LogP contribution < -0.4 is 0 Å². The molecule has 2 aromatic heterocycles. The fourth-order valence-corrected chi connectivity index (χ4v) is 3.64. The van der Waals surface area contributed by atoms with Crippen molar-refractivity contribution in [3.8, 4) is 11.1 Å². The molecule has 0 bridgehead atoms. The topological polar surface area (TPSA) is 33.4 Å². The number of hydrogen-bond acceptors (Lipinski definition) is 3. The number of rotatable bonds is 4. The van der Waals surface area contributed by atoms with Gasteiger partial charge in [-0.3, -0.25) is 0 Å². The van der Waals surface area contributed by atoms with Gasteiger partial charge in [0.05, 0.1) is 0 Å². The molecule has 0 spiro atoms. The van der Waals surface area contributed by atoms with Crippen molar-refractivity contribution in [2.24, 2.45) is 0 Å². The lowest BCUT2D eigenvalue weighted by Crippen LogP contribution is -2.33. The molecule has 0 N–H and O–H groups in total. The van der Waals surface area contributed by atoms with E-state index in [1.165, 1.54) is 19.0 Å². The Bertz CT molecular complexity index is 865. The van der Waals surface area contributed by atoms with Crippen molar-refractivity contribution in [2.75, 3.05) is 19.6 Å². The predicted molar refractivity (Wildman–Crippen MR) is 97.1 cm³/mol. The molecule has 4 nitrogen and oxygen atoms in total. The van der Waals surface area contributed by atoms with E-state index in [1.54, 1.807) is 12.1 Å². The van der Waals surface area contributed by atoms with Gasteiger partial charge in [0.15, 0.2) is 11.5 Å². The smallest absolute Gasteiger partial charge is 0.155 e. The first kappa shape index (κ1) is 16.2. The summed E-state index contributed by atoms with van der Waals surface area (Å²) in [6.45, 7) is 5.67. The van der Waals surface area contributed by atoms with Gasteiger partial charge in [0.25, 0.3) is 0 Å². The zero-order valence-electron chi connectivity index (χ0n) is 14.5. The van der Waals surface area contributed by atoms with Crippen molar-refractivity contribution in [1.82, 2.24) is 19.5 Å². The van der Waals surface area contributed by atoms with Crippen LogP contribution in [0.3, 0.4) is 0 Å². The summed E-state index contributed by atoms with van der Waals surface area (Å²) in [6.07, 6.45) is 5.38. The summed E-state index contributed by atoms with van der Waals surface area (Å²) in [5, 5.41) is 4.71. The molecule has 0 saturated carbocycles. The highest BCUT2D eigenvalue weighted by molar-refractivity contribution is 5.64. The summed E-state index contributed by atoms with van der Waals surface area (Å²) in [4.78, 5) is 7.24. The first-order valence-electron chi connectivity index (χ1n) is 9.07. The Hall–Kier alpha value is -2.27. The third kappa shape index (κ3) is 3.42. The highest BCUT2D eigenvalue weighted by Crippen LogP contribution is 2.27. The van der Waals surface area contributed by atoms with Gasteiger partial charge in [-0.15, -0.1) is 0 Å². The van der Waals surface area contributed by atoms with E-state index >= 15 is 0 Å². The largest absolute Gasteiger partial charge is 0.303 e. The SMILES string of the molecule is CCCN1CCC(c2nc3ccc(-c4cccc(F)c4)cn3n2)CC1. The van der Waals surface area contributed by atoms with Crippen molar-refractivity contribution in [2.45, 2.75) is 32.1 Å². The summed E-state index contributed by atoms with van der Waals surface area (Å²) < 4.78 is 15.3. The highest BCUT2D eigenvalue weighted by Gasteiger charge is 2.23. The Morgan fingerprint density at radius 2 is 1.96 bits per heavy atom. The molecule has 4 rings (SSSR count). The first-order chi connectivity index (χ1) is 12.2. The molecule has 0 unspecified atom stereocenters. The van der Waals surface area contributed by atoms with Crippen molar-refractivity contribution in [3.05, 3.63) is 54.2 Å². The lowest BCUT2D eigenvalue weighted by molar-refractivity contribution is 0.210. The van der Waals surface area contributed by atoms with Gasteiger partial charge in [-0.2, -0.15) is 5.10 Å². The molecule has 0 atom stereocenters. The number of aromatic nitrogens is 3. The van der Waals surface area contributed by atoms with Crippen molar-refractivity contribution in [1.29, 1.82) is 0 Å². The van der Waals surface area contributed by atoms with E-state index < -0.39 is 0 Å². The zero-order valence-corrected chi connectivity index (χ0v) is 14.5. The second-order valence-corrected chi connectivity index (χ2v) is 6.82. The normalized spacial score (nSPS) is 16.6. The minimum atomic E-state index is -0.226. The maximum atomic E-state index is 13.5. The molecule has 25 heavy (non-hydrogen) atoms. The molecular formula is C20H23FN4. The van der Waals surface area contributed by atoms with Gasteiger partial charge in [-0.25, -0.2) is 13.9 Å². The predicted octanol–water partition coefficient (Wildman–Crippen LogP) is 4.12. The fourth-order valence-electron chi connectivity index (χ4n) is 3.64. The Morgan fingerprint density at radius 1 is 1.12 bits per heavy atom. The van der Waals surface area contributed by atoms with Gasteiger partial charge in [-0.05, 0) is 68.7 Å².